The lowest BCUT2D eigenvalue weighted by Crippen LogP contribution is -2.02. The molecule has 32 heavy (non-hydrogen) atoms. The Balaban J connectivity index is 1.52. The van der Waals surface area contributed by atoms with Gasteiger partial charge in [-0.25, -0.2) is 4.98 Å². The minimum atomic E-state index is 0.803. The van der Waals surface area contributed by atoms with E-state index in [1.54, 1.807) is 11.8 Å². The molecule has 6 heteroatoms. The van der Waals surface area contributed by atoms with E-state index >= 15 is 0 Å². The predicted octanol–water partition coefficient (Wildman–Crippen LogP) is 5.91. The number of fused-ring (bicyclic) bond motifs is 1. The summed E-state index contributed by atoms with van der Waals surface area (Å²) in [7, 11) is 0. The van der Waals surface area contributed by atoms with Crippen LogP contribution in [0.25, 0.3) is 33.5 Å². The molecule has 0 bridgehead atoms. The van der Waals surface area contributed by atoms with Gasteiger partial charge in [-0.3, -0.25) is 4.98 Å². The fourth-order valence-electron chi connectivity index (χ4n) is 3.81. The average molecular weight is 438 g/mol. The molecule has 0 amide bonds. The lowest BCUT2D eigenvalue weighted by Gasteiger charge is -2.12. The SMILES string of the molecule is CCn1c(SCCc2ccncc2)nnc1-c1cc(-c2ccccc2)nc2ccccc12. The summed E-state index contributed by atoms with van der Waals surface area (Å²) in [4.78, 5) is 9.00. The van der Waals surface area contributed by atoms with Crippen LogP contribution in [0.15, 0.2) is 90.3 Å². The van der Waals surface area contributed by atoms with Crippen LogP contribution in [0.3, 0.4) is 0 Å². The van der Waals surface area contributed by atoms with Crippen LogP contribution in [0.5, 0.6) is 0 Å². The number of hydrogen-bond donors (Lipinski definition) is 0. The fraction of sp³-hybridized carbons (Fsp3) is 0.154. The Morgan fingerprint density at radius 2 is 1.66 bits per heavy atom. The van der Waals surface area contributed by atoms with Crippen molar-refractivity contribution in [2.24, 2.45) is 0 Å². The summed E-state index contributed by atoms with van der Waals surface area (Å²) in [5.41, 5.74) is 5.33. The number of nitrogens with zero attached hydrogens (tertiary/aromatic N) is 5. The standard InChI is InChI=1S/C26H23N5S/c1-2-31-25(29-30-26(31)32-17-14-19-12-15-27-16-13-19)22-18-24(20-8-4-3-5-9-20)28-23-11-7-6-10-21(22)23/h3-13,15-16,18H,2,14,17H2,1H3. The van der Waals surface area contributed by atoms with Crippen LogP contribution >= 0.6 is 11.8 Å². The number of para-hydroxylation sites is 1. The van der Waals surface area contributed by atoms with Crippen LogP contribution in [-0.2, 0) is 13.0 Å². The van der Waals surface area contributed by atoms with Gasteiger partial charge in [0, 0.05) is 41.2 Å². The third kappa shape index (κ3) is 4.14. The molecule has 5 nitrogen and oxygen atoms in total. The molecule has 0 radical (unpaired) electrons. The maximum Gasteiger partial charge on any atom is 0.191 e. The van der Waals surface area contributed by atoms with Gasteiger partial charge in [-0.1, -0.05) is 60.3 Å². The Labute approximate surface area is 191 Å². The van der Waals surface area contributed by atoms with Gasteiger partial charge in [-0.2, -0.15) is 0 Å². The second-order valence-electron chi connectivity index (χ2n) is 7.44. The van der Waals surface area contributed by atoms with E-state index in [0.29, 0.717) is 0 Å². The number of hydrogen-bond acceptors (Lipinski definition) is 5. The molecule has 0 fully saturated rings. The molecule has 5 rings (SSSR count). The van der Waals surface area contributed by atoms with Gasteiger partial charge in [-0.05, 0) is 43.2 Å². The summed E-state index contributed by atoms with van der Waals surface area (Å²) in [6, 6.07) is 24.8. The van der Waals surface area contributed by atoms with Gasteiger partial charge in [0.15, 0.2) is 11.0 Å². The Morgan fingerprint density at radius 3 is 2.47 bits per heavy atom. The molecule has 2 aromatic carbocycles. The van der Waals surface area contributed by atoms with Gasteiger partial charge in [-0.15, -0.1) is 10.2 Å². The van der Waals surface area contributed by atoms with Crippen molar-refractivity contribution >= 4 is 22.7 Å². The molecule has 3 aromatic heterocycles. The molecule has 0 spiro atoms. The van der Waals surface area contributed by atoms with E-state index in [-0.39, 0.29) is 0 Å². The van der Waals surface area contributed by atoms with Crippen molar-refractivity contribution in [3.63, 3.8) is 0 Å². The smallest absolute Gasteiger partial charge is 0.191 e. The first kappa shape index (κ1) is 20.4. The van der Waals surface area contributed by atoms with Crippen LogP contribution in [0, 0.1) is 0 Å². The molecule has 158 valence electrons. The lowest BCUT2D eigenvalue weighted by atomic mass is 10.0. The average Bonchev–Trinajstić information content (AvgIpc) is 3.27. The summed E-state index contributed by atoms with van der Waals surface area (Å²) >= 11 is 1.74. The molecule has 5 aromatic rings. The third-order valence-corrected chi connectivity index (χ3v) is 6.40. The van der Waals surface area contributed by atoms with Crippen molar-refractivity contribution in [2.45, 2.75) is 25.0 Å². The van der Waals surface area contributed by atoms with Gasteiger partial charge in [0.2, 0.25) is 0 Å². The monoisotopic (exact) mass is 437 g/mol. The molecule has 3 heterocycles. The van der Waals surface area contributed by atoms with Crippen LogP contribution in [-0.4, -0.2) is 30.5 Å². The maximum atomic E-state index is 4.91. The third-order valence-electron chi connectivity index (χ3n) is 5.43. The van der Waals surface area contributed by atoms with Crippen molar-refractivity contribution in [3.8, 4) is 22.6 Å². The largest absolute Gasteiger partial charge is 0.302 e. The van der Waals surface area contributed by atoms with E-state index < -0.39 is 0 Å². The molecular formula is C26H23N5S. The summed E-state index contributed by atoms with van der Waals surface area (Å²) in [6.45, 7) is 2.94. The molecule has 0 aliphatic rings. The number of rotatable bonds is 7. The normalized spacial score (nSPS) is 11.2. The highest BCUT2D eigenvalue weighted by molar-refractivity contribution is 7.99. The van der Waals surface area contributed by atoms with E-state index in [1.165, 1.54) is 5.56 Å². The second kappa shape index (κ2) is 9.32. The minimum absolute atomic E-state index is 0.803. The highest BCUT2D eigenvalue weighted by Gasteiger charge is 2.17. The topological polar surface area (TPSA) is 56.5 Å². The molecular weight excluding hydrogens is 414 g/mol. The zero-order valence-corrected chi connectivity index (χ0v) is 18.7. The Morgan fingerprint density at radius 1 is 0.875 bits per heavy atom. The van der Waals surface area contributed by atoms with Crippen molar-refractivity contribution in [1.82, 2.24) is 24.7 Å². The van der Waals surface area contributed by atoms with Crippen molar-refractivity contribution in [3.05, 3.63) is 90.8 Å². The molecule has 0 aliphatic heterocycles. The Kier molecular flexibility index (Phi) is 5.94. The second-order valence-corrected chi connectivity index (χ2v) is 8.50. The Bertz CT molecular complexity index is 1330. The number of aryl methyl sites for hydroxylation is 1. The van der Waals surface area contributed by atoms with E-state index in [1.807, 2.05) is 42.7 Å². The molecule has 0 N–H and O–H groups in total. The number of benzene rings is 2. The quantitative estimate of drug-likeness (QED) is 0.296. The zero-order chi connectivity index (χ0) is 21.8. The number of thioether (sulfide) groups is 1. The molecule has 0 saturated carbocycles. The first-order chi connectivity index (χ1) is 15.8. The lowest BCUT2D eigenvalue weighted by molar-refractivity contribution is 0.687. The highest BCUT2D eigenvalue weighted by atomic mass is 32.2. The van der Waals surface area contributed by atoms with E-state index in [2.05, 4.69) is 69.1 Å². The maximum absolute atomic E-state index is 4.91. The van der Waals surface area contributed by atoms with Gasteiger partial charge >= 0.3 is 0 Å². The number of pyridine rings is 2. The van der Waals surface area contributed by atoms with Crippen molar-refractivity contribution in [2.75, 3.05) is 5.75 Å². The van der Waals surface area contributed by atoms with Crippen molar-refractivity contribution in [1.29, 1.82) is 0 Å². The van der Waals surface area contributed by atoms with E-state index in [9.17, 15) is 0 Å². The van der Waals surface area contributed by atoms with Crippen LogP contribution in [0.2, 0.25) is 0 Å². The molecule has 0 atom stereocenters. The summed E-state index contributed by atoms with van der Waals surface area (Å²) in [5.74, 6) is 1.82. The first-order valence-corrected chi connectivity index (χ1v) is 11.7. The Hall–Kier alpha value is -3.51. The van der Waals surface area contributed by atoms with E-state index in [0.717, 1.165) is 57.4 Å². The highest BCUT2D eigenvalue weighted by Crippen LogP contribution is 2.33. The molecule has 0 aliphatic carbocycles. The van der Waals surface area contributed by atoms with Crippen LogP contribution < -0.4 is 0 Å². The zero-order valence-electron chi connectivity index (χ0n) is 17.8. The van der Waals surface area contributed by atoms with Gasteiger partial charge in [0.1, 0.15) is 0 Å². The molecule has 0 saturated heterocycles. The first-order valence-electron chi connectivity index (χ1n) is 10.7. The van der Waals surface area contributed by atoms with E-state index in [4.69, 9.17) is 4.98 Å². The van der Waals surface area contributed by atoms with Gasteiger partial charge in [0.25, 0.3) is 0 Å². The van der Waals surface area contributed by atoms with Gasteiger partial charge < -0.3 is 4.57 Å². The summed E-state index contributed by atoms with van der Waals surface area (Å²) in [5, 5.41) is 11.2. The van der Waals surface area contributed by atoms with Gasteiger partial charge in [0.05, 0.1) is 11.2 Å². The van der Waals surface area contributed by atoms with Crippen molar-refractivity contribution < 1.29 is 0 Å². The molecule has 0 unspecified atom stereocenters. The number of aromatic nitrogens is 5. The summed E-state index contributed by atoms with van der Waals surface area (Å²) < 4.78 is 2.20. The van der Waals surface area contributed by atoms with Crippen LogP contribution in [0.4, 0.5) is 0 Å². The summed E-state index contributed by atoms with van der Waals surface area (Å²) in [6.07, 6.45) is 4.65. The van der Waals surface area contributed by atoms with Crippen LogP contribution in [0.1, 0.15) is 12.5 Å². The minimum Gasteiger partial charge on any atom is -0.302 e. The predicted molar refractivity (Wildman–Crippen MR) is 131 cm³/mol. The fourth-order valence-corrected chi connectivity index (χ4v) is 4.80.